The Kier molecular flexibility index (Phi) is 9.00. The average molecular weight is 374 g/mol. The van der Waals surface area contributed by atoms with Crippen molar-refractivity contribution in [2.45, 2.75) is 50.6 Å². The lowest BCUT2D eigenvalue weighted by molar-refractivity contribution is -0.144. The molecule has 0 aromatic rings. The SMILES string of the molecule is O=C(O)CCN(CC(=O)O)C1CCCCC1N(CCC(=O)O)CC(=O)O. The number of aliphatic carboxylic acids is 4. The van der Waals surface area contributed by atoms with Crippen LogP contribution in [0.5, 0.6) is 0 Å². The van der Waals surface area contributed by atoms with E-state index in [1.807, 2.05) is 0 Å². The van der Waals surface area contributed by atoms with Crippen LogP contribution >= 0.6 is 0 Å². The highest BCUT2D eigenvalue weighted by atomic mass is 16.4. The topological polar surface area (TPSA) is 156 Å². The Bertz CT molecular complexity index is 478. The molecule has 2 unspecified atom stereocenters. The van der Waals surface area contributed by atoms with Gasteiger partial charge in [-0.1, -0.05) is 12.8 Å². The first kappa shape index (κ1) is 21.8. The van der Waals surface area contributed by atoms with Crippen LogP contribution < -0.4 is 0 Å². The van der Waals surface area contributed by atoms with Crippen molar-refractivity contribution in [1.82, 2.24) is 9.80 Å². The number of carboxylic acid groups (broad SMARTS) is 4. The molecule has 148 valence electrons. The van der Waals surface area contributed by atoms with Gasteiger partial charge in [-0.25, -0.2) is 0 Å². The maximum atomic E-state index is 11.2. The molecule has 0 radical (unpaired) electrons. The number of carbonyl (C=O) groups is 4. The molecule has 1 aliphatic carbocycles. The Labute approximate surface area is 151 Å². The molecule has 0 heterocycles. The van der Waals surface area contributed by atoms with Gasteiger partial charge in [0.15, 0.2) is 0 Å². The summed E-state index contributed by atoms with van der Waals surface area (Å²) in [6.07, 6.45) is 2.44. The second kappa shape index (κ2) is 10.7. The van der Waals surface area contributed by atoms with E-state index in [1.165, 1.54) is 0 Å². The molecule has 2 atom stereocenters. The number of carboxylic acids is 4. The standard InChI is InChI=1S/C16H26N2O8/c19-13(20)5-7-17(9-15(23)24)11-3-1-2-4-12(11)18(10-16(25)26)8-6-14(21)22/h11-12H,1-10H2,(H,19,20)(H,21,22)(H,23,24)(H,25,26). The van der Waals surface area contributed by atoms with Crippen LogP contribution in [-0.4, -0.2) is 92.4 Å². The van der Waals surface area contributed by atoms with Gasteiger partial charge in [0.25, 0.3) is 0 Å². The summed E-state index contributed by atoms with van der Waals surface area (Å²) in [5.41, 5.74) is 0. The van der Waals surface area contributed by atoms with Crippen LogP contribution in [0.3, 0.4) is 0 Å². The van der Waals surface area contributed by atoms with E-state index in [0.717, 1.165) is 12.8 Å². The third-order valence-corrected chi connectivity index (χ3v) is 4.53. The lowest BCUT2D eigenvalue weighted by Crippen LogP contribution is -2.56. The summed E-state index contributed by atoms with van der Waals surface area (Å²) in [6, 6.07) is -0.653. The monoisotopic (exact) mass is 374 g/mol. The van der Waals surface area contributed by atoms with Crippen LogP contribution in [0.15, 0.2) is 0 Å². The Morgan fingerprint density at radius 2 is 1.00 bits per heavy atom. The molecule has 0 aromatic carbocycles. The van der Waals surface area contributed by atoms with Crippen molar-refractivity contribution in [3.05, 3.63) is 0 Å². The molecule has 0 amide bonds. The Morgan fingerprint density at radius 3 is 1.27 bits per heavy atom. The predicted octanol–water partition coefficient (Wildman–Crippen LogP) is 0.0202. The van der Waals surface area contributed by atoms with Gasteiger partial charge in [0.1, 0.15) is 0 Å². The first-order valence-electron chi connectivity index (χ1n) is 8.56. The molecule has 10 heteroatoms. The Hall–Kier alpha value is -2.20. The molecule has 1 fully saturated rings. The van der Waals surface area contributed by atoms with Crippen LogP contribution in [0.4, 0.5) is 0 Å². The third kappa shape index (κ3) is 7.79. The molecule has 4 N–H and O–H groups in total. The fourth-order valence-electron chi connectivity index (χ4n) is 3.49. The van der Waals surface area contributed by atoms with Crippen molar-refractivity contribution < 1.29 is 39.6 Å². The minimum atomic E-state index is -1.09. The van der Waals surface area contributed by atoms with E-state index in [9.17, 15) is 19.2 Å². The van der Waals surface area contributed by atoms with Gasteiger partial charge in [-0.15, -0.1) is 0 Å². The largest absolute Gasteiger partial charge is 0.481 e. The van der Waals surface area contributed by atoms with E-state index in [2.05, 4.69) is 0 Å². The zero-order chi connectivity index (χ0) is 19.7. The second-order valence-corrected chi connectivity index (χ2v) is 6.44. The minimum Gasteiger partial charge on any atom is -0.481 e. The van der Waals surface area contributed by atoms with Gasteiger partial charge in [0, 0.05) is 25.2 Å². The molecule has 1 saturated carbocycles. The van der Waals surface area contributed by atoms with Crippen molar-refractivity contribution in [3.63, 3.8) is 0 Å². The summed E-state index contributed by atoms with van der Waals surface area (Å²) >= 11 is 0. The maximum absolute atomic E-state index is 11.2. The molecule has 10 nitrogen and oxygen atoms in total. The minimum absolute atomic E-state index is 0.0443. The summed E-state index contributed by atoms with van der Waals surface area (Å²) < 4.78 is 0. The van der Waals surface area contributed by atoms with Crippen molar-refractivity contribution in [2.24, 2.45) is 0 Å². The molecular formula is C16H26N2O8. The summed E-state index contributed by atoms with van der Waals surface area (Å²) in [6.45, 7) is -0.589. The molecule has 0 aliphatic heterocycles. The van der Waals surface area contributed by atoms with Crippen LogP contribution in [-0.2, 0) is 19.2 Å². The first-order chi connectivity index (χ1) is 12.2. The lowest BCUT2D eigenvalue weighted by Gasteiger charge is -2.44. The van der Waals surface area contributed by atoms with E-state index in [4.69, 9.17) is 20.4 Å². The predicted molar refractivity (Wildman–Crippen MR) is 89.0 cm³/mol. The highest BCUT2D eigenvalue weighted by molar-refractivity contribution is 5.70. The zero-order valence-electron chi connectivity index (χ0n) is 14.5. The Morgan fingerprint density at radius 1 is 0.654 bits per heavy atom. The maximum Gasteiger partial charge on any atom is 0.317 e. The van der Waals surface area contributed by atoms with Gasteiger partial charge in [-0.3, -0.25) is 29.0 Å². The molecule has 1 rings (SSSR count). The molecule has 0 aromatic heterocycles. The summed E-state index contributed by atoms with van der Waals surface area (Å²) in [5.74, 6) is -4.26. The highest BCUT2D eigenvalue weighted by Gasteiger charge is 2.35. The van der Waals surface area contributed by atoms with Gasteiger partial charge in [0.2, 0.25) is 0 Å². The van der Waals surface area contributed by atoms with Gasteiger partial charge < -0.3 is 20.4 Å². The van der Waals surface area contributed by atoms with Crippen LogP contribution in [0, 0.1) is 0 Å². The summed E-state index contributed by atoms with van der Waals surface area (Å²) in [5, 5.41) is 36.1. The summed E-state index contributed by atoms with van der Waals surface area (Å²) in [4.78, 5) is 47.3. The van der Waals surface area contributed by atoms with Gasteiger partial charge in [-0.05, 0) is 12.8 Å². The van der Waals surface area contributed by atoms with E-state index in [1.54, 1.807) is 9.80 Å². The second-order valence-electron chi connectivity index (χ2n) is 6.44. The van der Waals surface area contributed by atoms with E-state index >= 15 is 0 Å². The van der Waals surface area contributed by atoms with E-state index in [0.29, 0.717) is 12.8 Å². The van der Waals surface area contributed by atoms with E-state index < -0.39 is 23.9 Å². The normalized spacial score (nSPS) is 20.2. The number of nitrogens with zero attached hydrogens (tertiary/aromatic N) is 2. The molecular weight excluding hydrogens is 348 g/mol. The summed E-state index contributed by atoms with van der Waals surface area (Å²) in [7, 11) is 0. The smallest absolute Gasteiger partial charge is 0.317 e. The van der Waals surface area contributed by atoms with Crippen molar-refractivity contribution in [3.8, 4) is 0 Å². The van der Waals surface area contributed by atoms with Crippen LogP contribution in [0.25, 0.3) is 0 Å². The molecule has 0 spiro atoms. The van der Waals surface area contributed by atoms with Crippen molar-refractivity contribution in [2.75, 3.05) is 26.2 Å². The quantitative estimate of drug-likeness (QED) is 0.367. The highest BCUT2D eigenvalue weighted by Crippen LogP contribution is 2.28. The van der Waals surface area contributed by atoms with Crippen molar-refractivity contribution in [1.29, 1.82) is 0 Å². The van der Waals surface area contributed by atoms with Gasteiger partial charge in [0.05, 0.1) is 25.9 Å². The lowest BCUT2D eigenvalue weighted by atomic mass is 9.87. The average Bonchev–Trinajstić information content (AvgIpc) is 2.54. The number of rotatable bonds is 12. The van der Waals surface area contributed by atoms with Gasteiger partial charge >= 0.3 is 23.9 Å². The zero-order valence-corrected chi connectivity index (χ0v) is 14.5. The molecule has 1 aliphatic rings. The fourth-order valence-corrected chi connectivity index (χ4v) is 3.49. The number of hydrogen-bond acceptors (Lipinski definition) is 6. The number of hydrogen-bond donors (Lipinski definition) is 4. The molecule has 0 bridgehead atoms. The first-order valence-corrected chi connectivity index (χ1v) is 8.56. The fraction of sp³-hybridized carbons (Fsp3) is 0.750. The van der Waals surface area contributed by atoms with Crippen LogP contribution in [0.2, 0.25) is 0 Å². The van der Waals surface area contributed by atoms with Crippen molar-refractivity contribution >= 4 is 23.9 Å². The van der Waals surface area contributed by atoms with Gasteiger partial charge in [-0.2, -0.15) is 0 Å². The molecule has 0 saturated heterocycles. The van der Waals surface area contributed by atoms with E-state index in [-0.39, 0.29) is 51.1 Å². The third-order valence-electron chi connectivity index (χ3n) is 4.53. The van der Waals surface area contributed by atoms with Crippen LogP contribution in [0.1, 0.15) is 38.5 Å². The Balaban J connectivity index is 2.99. The molecule has 26 heavy (non-hydrogen) atoms.